The van der Waals surface area contributed by atoms with E-state index in [9.17, 15) is 14.0 Å². The van der Waals surface area contributed by atoms with Gasteiger partial charge in [0, 0.05) is 5.56 Å². The van der Waals surface area contributed by atoms with Crippen LogP contribution in [-0.4, -0.2) is 19.0 Å². The third-order valence-corrected chi connectivity index (χ3v) is 2.98. The molecule has 0 radical (unpaired) electrons. The molecule has 2 rings (SSSR count). The van der Waals surface area contributed by atoms with Crippen LogP contribution in [0.3, 0.4) is 0 Å². The van der Waals surface area contributed by atoms with Crippen LogP contribution >= 0.6 is 0 Å². The number of hydrogen-bond acceptors (Lipinski definition) is 4. The predicted octanol–water partition coefficient (Wildman–Crippen LogP) is 2.22. The Hall–Kier alpha value is -2.89. The van der Waals surface area contributed by atoms with Crippen LogP contribution in [0, 0.1) is 5.82 Å². The number of benzene rings is 2. The number of esters is 1. The molecule has 0 aliphatic rings. The number of primary amides is 1. The standard InChI is InChI=1S/C16H14FNO4/c1-21-13-5-3-2-4-12(13)16(20)22-14(15(18)19)10-6-8-11(17)9-7-10/h2-9,14H,1H3,(H2,18,19)/t14-/m1/s1. The van der Waals surface area contributed by atoms with Crippen LogP contribution in [0.2, 0.25) is 0 Å². The van der Waals surface area contributed by atoms with Crippen LogP contribution in [0.4, 0.5) is 4.39 Å². The Bertz CT molecular complexity index is 685. The minimum atomic E-state index is -1.31. The van der Waals surface area contributed by atoms with Crippen molar-refractivity contribution in [1.29, 1.82) is 0 Å². The highest BCUT2D eigenvalue weighted by Crippen LogP contribution is 2.23. The summed E-state index contributed by atoms with van der Waals surface area (Å²) in [5.41, 5.74) is 5.72. The van der Waals surface area contributed by atoms with Crippen molar-refractivity contribution >= 4 is 11.9 Å². The van der Waals surface area contributed by atoms with E-state index < -0.39 is 23.8 Å². The van der Waals surface area contributed by atoms with Gasteiger partial charge in [0.2, 0.25) is 6.10 Å². The Balaban J connectivity index is 2.26. The average molecular weight is 303 g/mol. The lowest BCUT2D eigenvalue weighted by atomic mass is 10.1. The third kappa shape index (κ3) is 3.41. The second-order valence-electron chi connectivity index (χ2n) is 4.44. The summed E-state index contributed by atoms with van der Waals surface area (Å²) in [6, 6.07) is 11.4. The smallest absolute Gasteiger partial charge is 0.343 e. The Morgan fingerprint density at radius 3 is 2.32 bits per heavy atom. The predicted molar refractivity (Wildman–Crippen MR) is 76.7 cm³/mol. The fourth-order valence-corrected chi connectivity index (χ4v) is 1.91. The number of para-hydroxylation sites is 1. The zero-order chi connectivity index (χ0) is 16.1. The number of methoxy groups -OCH3 is 1. The van der Waals surface area contributed by atoms with Crippen LogP contribution in [0.1, 0.15) is 22.0 Å². The molecule has 22 heavy (non-hydrogen) atoms. The minimum absolute atomic E-state index is 0.165. The summed E-state index contributed by atoms with van der Waals surface area (Å²) in [6.45, 7) is 0. The van der Waals surface area contributed by atoms with Crippen molar-refractivity contribution in [3.63, 3.8) is 0 Å². The first kappa shape index (κ1) is 15.5. The number of hydrogen-bond donors (Lipinski definition) is 1. The second kappa shape index (κ2) is 6.71. The van der Waals surface area contributed by atoms with Crippen molar-refractivity contribution in [1.82, 2.24) is 0 Å². The van der Waals surface area contributed by atoms with E-state index in [-0.39, 0.29) is 11.1 Å². The van der Waals surface area contributed by atoms with Crippen LogP contribution in [0.25, 0.3) is 0 Å². The molecule has 0 fully saturated rings. The van der Waals surface area contributed by atoms with Crippen molar-refractivity contribution < 1.29 is 23.5 Å². The molecule has 0 spiro atoms. The molecular weight excluding hydrogens is 289 g/mol. The molecule has 1 amide bonds. The molecule has 1 atom stereocenters. The minimum Gasteiger partial charge on any atom is -0.496 e. The summed E-state index contributed by atoms with van der Waals surface area (Å²) < 4.78 is 23.2. The zero-order valence-electron chi connectivity index (χ0n) is 11.8. The van der Waals surface area contributed by atoms with E-state index in [4.69, 9.17) is 15.2 Å². The lowest BCUT2D eigenvalue weighted by Gasteiger charge is -2.16. The van der Waals surface area contributed by atoms with Crippen molar-refractivity contribution in [3.05, 3.63) is 65.5 Å². The monoisotopic (exact) mass is 303 g/mol. The number of rotatable bonds is 5. The molecule has 114 valence electrons. The van der Waals surface area contributed by atoms with Crippen molar-refractivity contribution in [2.24, 2.45) is 5.73 Å². The molecule has 0 bridgehead atoms. The van der Waals surface area contributed by atoms with Gasteiger partial charge in [-0.15, -0.1) is 0 Å². The summed E-state index contributed by atoms with van der Waals surface area (Å²) >= 11 is 0. The van der Waals surface area contributed by atoms with Crippen molar-refractivity contribution in [3.8, 4) is 5.75 Å². The summed E-state index contributed by atoms with van der Waals surface area (Å²) in [6.07, 6.45) is -1.31. The highest BCUT2D eigenvalue weighted by atomic mass is 19.1. The second-order valence-corrected chi connectivity index (χ2v) is 4.44. The highest BCUT2D eigenvalue weighted by Gasteiger charge is 2.24. The first-order chi connectivity index (χ1) is 10.5. The quantitative estimate of drug-likeness (QED) is 0.859. The Kier molecular flexibility index (Phi) is 4.73. The molecule has 0 aliphatic heterocycles. The van der Waals surface area contributed by atoms with Gasteiger partial charge in [-0.3, -0.25) is 4.79 Å². The number of ether oxygens (including phenoxy) is 2. The van der Waals surface area contributed by atoms with E-state index in [2.05, 4.69) is 0 Å². The van der Waals surface area contributed by atoms with Gasteiger partial charge in [0.05, 0.1) is 7.11 Å². The molecule has 0 heterocycles. The van der Waals surface area contributed by atoms with Gasteiger partial charge in [-0.05, 0) is 24.3 Å². The molecule has 0 saturated heterocycles. The van der Waals surface area contributed by atoms with Crippen LogP contribution < -0.4 is 10.5 Å². The van der Waals surface area contributed by atoms with E-state index in [1.807, 2.05) is 0 Å². The Morgan fingerprint density at radius 2 is 1.73 bits per heavy atom. The summed E-state index contributed by atoms with van der Waals surface area (Å²) in [5, 5.41) is 0. The van der Waals surface area contributed by atoms with E-state index >= 15 is 0 Å². The molecule has 0 saturated carbocycles. The number of amides is 1. The van der Waals surface area contributed by atoms with Crippen molar-refractivity contribution in [2.45, 2.75) is 6.10 Å². The Morgan fingerprint density at radius 1 is 1.09 bits per heavy atom. The molecule has 0 unspecified atom stereocenters. The lowest BCUT2D eigenvalue weighted by molar-refractivity contribution is -0.127. The summed E-state index contributed by atoms with van der Waals surface area (Å²) in [5.74, 6) is -1.77. The highest BCUT2D eigenvalue weighted by molar-refractivity contribution is 5.94. The van der Waals surface area contributed by atoms with Gasteiger partial charge < -0.3 is 15.2 Å². The summed E-state index contributed by atoms with van der Waals surface area (Å²) in [4.78, 5) is 23.7. The first-order valence-electron chi connectivity index (χ1n) is 6.41. The van der Waals surface area contributed by atoms with E-state index in [0.717, 1.165) is 12.1 Å². The molecule has 0 aromatic heterocycles. The largest absolute Gasteiger partial charge is 0.496 e. The maximum absolute atomic E-state index is 12.9. The van der Waals surface area contributed by atoms with Gasteiger partial charge in [-0.25, -0.2) is 9.18 Å². The van der Waals surface area contributed by atoms with E-state index in [0.29, 0.717) is 5.75 Å². The number of halogens is 1. The summed E-state index contributed by atoms with van der Waals surface area (Å²) in [7, 11) is 1.41. The van der Waals surface area contributed by atoms with Gasteiger partial charge in [0.1, 0.15) is 17.1 Å². The maximum Gasteiger partial charge on any atom is 0.343 e. The lowest BCUT2D eigenvalue weighted by Crippen LogP contribution is -2.26. The SMILES string of the molecule is COc1ccccc1C(=O)O[C@@H](C(N)=O)c1ccc(F)cc1. The fraction of sp³-hybridized carbons (Fsp3) is 0.125. The number of nitrogens with two attached hydrogens (primary N) is 1. The molecule has 0 aliphatic carbocycles. The van der Waals surface area contributed by atoms with Crippen LogP contribution in [-0.2, 0) is 9.53 Å². The van der Waals surface area contributed by atoms with Crippen LogP contribution in [0.5, 0.6) is 5.75 Å². The molecule has 2 N–H and O–H groups in total. The van der Waals surface area contributed by atoms with Gasteiger partial charge in [-0.1, -0.05) is 24.3 Å². The molecule has 5 nitrogen and oxygen atoms in total. The third-order valence-electron chi connectivity index (χ3n) is 2.98. The van der Waals surface area contributed by atoms with Crippen molar-refractivity contribution in [2.75, 3.05) is 7.11 Å². The van der Waals surface area contributed by atoms with Gasteiger partial charge in [0.25, 0.3) is 5.91 Å². The van der Waals surface area contributed by atoms with Gasteiger partial charge >= 0.3 is 5.97 Å². The van der Waals surface area contributed by atoms with Crippen LogP contribution in [0.15, 0.2) is 48.5 Å². The maximum atomic E-state index is 12.9. The molecule has 2 aromatic carbocycles. The zero-order valence-corrected chi connectivity index (χ0v) is 11.8. The normalized spacial score (nSPS) is 11.5. The molecular formula is C16H14FNO4. The van der Waals surface area contributed by atoms with E-state index in [1.54, 1.807) is 18.2 Å². The van der Waals surface area contributed by atoms with Gasteiger partial charge in [0.15, 0.2) is 0 Å². The number of carbonyl (C=O) groups is 2. The molecule has 2 aromatic rings. The number of carbonyl (C=O) groups excluding carboxylic acids is 2. The fourth-order valence-electron chi connectivity index (χ4n) is 1.91. The Labute approximate surface area is 126 Å². The topological polar surface area (TPSA) is 78.6 Å². The first-order valence-corrected chi connectivity index (χ1v) is 6.41. The molecule has 6 heteroatoms. The van der Waals surface area contributed by atoms with E-state index in [1.165, 1.54) is 25.3 Å². The van der Waals surface area contributed by atoms with Gasteiger partial charge in [-0.2, -0.15) is 0 Å². The average Bonchev–Trinajstić information content (AvgIpc) is 2.53.